The van der Waals surface area contributed by atoms with Crippen molar-refractivity contribution < 1.29 is 19.1 Å². The lowest BCUT2D eigenvalue weighted by Crippen LogP contribution is -2.49. The maximum absolute atomic E-state index is 13.2. The average molecular weight is 457 g/mol. The van der Waals surface area contributed by atoms with Crippen LogP contribution in [0.25, 0.3) is 0 Å². The monoisotopic (exact) mass is 456 g/mol. The van der Waals surface area contributed by atoms with Crippen molar-refractivity contribution in [1.82, 2.24) is 20.0 Å². The fraction of sp³-hybridized carbons (Fsp3) is 0.640. The second-order valence-corrected chi connectivity index (χ2v) is 9.51. The summed E-state index contributed by atoms with van der Waals surface area (Å²) in [6, 6.07) is 7.64. The van der Waals surface area contributed by atoms with Gasteiger partial charge in [-0.1, -0.05) is 37.8 Å². The van der Waals surface area contributed by atoms with E-state index in [0.29, 0.717) is 19.4 Å². The first kappa shape index (κ1) is 23.5. The molecule has 4 amide bonds. The molecule has 1 aromatic rings. The molecule has 0 aromatic heterocycles. The molecular formula is C25H36N4O4. The summed E-state index contributed by atoms with van der Waals surface area (Å²) in [7, 11) is 3.34. The molecular weight excluding hydrogens is 420 g/mol. The van der Waals surface area contributed by atoms with Crippen molar-refractivity contribution in [3.8, 4) is 5.75 Å². The quantitative estimate of drug-likeness (QED) is 0.638. The van der Waals surface area contributed by atoms with E-state index >= 15 is 0 Å². The van der Waals surface area contributed by atoms with Crippen molar-refractivity contribution in [3.05, 3.63) is 29.8 Å². The Hall–Kier alpha value is -2.61. The van der Waals surface area contributed by atoms with Crippen LogP contribution in [0.2, 0.25) is 0 Å². The molecule has 2 heterocycles. The van der Waals surface area contributed by atoms with E-state index in [0.717, 1.165) is 61.4 Å². The number of nitrogens with one attached hydrogen (secondary N) is 1. The van der Waals surface area contributed by atoms with E-state index in [1.807, 2.05) is 24.3 Å². The fourth-order valence-corrected chi connectivity index (χ4v) is 5.59. The number of hydrogen-bond acceptors (Lipinski definition) is 5. The highest BCUT2D eigenvalue weighted by Crippen LogP contribution is 2.39. The van der Waals surface area contributed by atoms with Gasteiger partial charge < -0.3 is 15.0 Å². The van der Waals surface area contributed by atoms with Crippen molar-refractivity contribution in [2.75, 3.05) is 40.3 Å². The minimum absolute atomic E-state index is 0.0393. The zero-order chi connectivity index (χ0) is 23.4. The number of urea groups is 1. The molecule has 0 radical (unpaired) electrons. The molecule has 33 heavy (non-hydrogen) atoms. The number of carbonyl (C=O) groups is 3. The van der Waals surface area contributed by atoms with Crippen LogP contribution >= 0.6 is 0 Å². The first-order valence-electron chi connectivity index (χ1n) is 12.2. The Bertz CT molecular complexity index is 860. The second-order valence-electron chi connectivity index (χ2n) is 9.51. The van der Waals surface area contributed by atoms with E-state index in [-0.39, 0.29) is 30.4 Å². The molecule has 1 atom stereocenters. The molecule has 3 aliphatic rings. The molecule has 1 spiro atoms. The van der Waals surface area contributed by atoms with Gasteiger partial charge in [-0.05, 0) is 56.5 Å². The molecule has 8 nitrogen and oxygen atoms in total. The maximum Gasteiger partial charge on any atom is 0.327 e. The summed E-state index contributed by atoms with van der Waals surface area (Å²) in [6.07, 6.45) is 7.83. The first-order chi connectivity index (χ1) is 16.0. The maximum atomic E-state index is 13.2. The molecule has 1 aromatic carbocycles. The van der Waals surface area contributed by atoms with Crippen LogP contribution in [-0.2, 0) is 9.59 Å². The lowest BCUT2D eigenvalue weighted by atomic mass is 9.81. The van der Waals surface area contributed by atoms with Crippen molar-refractivity contribution in [2.24, 2.45) is 0 Å². The van der Waals surface area contributed by atoms with Gasteiger partial charge in [-0.25, -0.2) is 4.79 Å². The van der Waals surface area contributed by atoms with Gasteiger partial charge in [-0.2, -0.15) is 0 Å². The van der Waals surface area contributed by atoms with Gasteiger partial charge in [-0.3, -0.25) is 19.4 Å². The van der Waals surface area contributed by atoms with Gasteiger partial charge in [0.05, 0.1) is 13.2 Å². The Morgan fingerprint density at radius 1 is 1.03 bits per heavy atom. The van der Waals surface area contributed by atoms with E-state index in [9.17, 15) is 14.4 Å². The summed E-state index contributed by atoms with van der Waals surface area (Å²) in [5, 5.41) is 3.00. The fourth-order valence-electron chi connectivity index (χ4n) is 5.59. The summed E-state index contributed by atoms with van der Waals surface area (Å²) in [4.78, 5) is 44.0. The number of ether oxygens (including phenoxy) is 1. The summed E-state index contributed by atoms with van der Waals surface area (Å²) in [5.74, 6) is 0.285. The Kier molecular flexibility index (Phi) is 7.22. The minimum Gasteiger partial charge on any atom is -0.497 e. The van der Waals surface area contributed by atoms with Gasteiger partial charge in [0.2, 0.25) is 5.91 Å². The predicted molar refractivity (Wildman–Crippen MR) is 125 cm³/mol. The van der Waals surface area contributed by atoms with E-state index in [4.69, 9.17) is 4.74 Å². The predicted octanol–water partition coefficient (Wildman–Crippen LogP) is 2.94. The minimum atomic E-state index is -0.755. The highest BCUT2D eigenvalue weighted by molar-refractivity contribution is 6.08. The molecule has 0 bridgehead atoms. The van der Waals surface area contributed by atoms with Crippen LogP contribution in [0.5, 0.6) is 5.75 Å². The van der Waals surface area contributed by atoms with Crippen LogP contribution in [0.1, 0.15) is 63.0 Å². The van der Waals surface area contributed by atoms with Gasteiger partial charge in [0, 0.05) is 13.6 Å². The Balaban J connectivity index is 1.41. The molecule has 1 aliphatic carbocycles. The Labute approximate surface area is 196 Å². The molecule has 2 saturated heterocycles. The lowest BCUT2D eigenvalue weighted by Gasteiger charge is -2.36. The van der Waals surface area contributed by atoms with Crippen LogP contribution in [0.3, 0.4) is 0 Å². The number of methoxy groups -OCH3 is 1. The van der Waals surface area contributed by atoms with E-state index in [2.05, 4.69) is 10.2 Å². The molecule has 3 fully saturated rings. The summed E-state index contributed by atoms with van der Waals surface area (Å²) >= 11 is 0. The third-order valence-corrected chi connectivity index (χ3v) is 7.61. The SMILES string of the molecule is COc1ccc(C(CNC(=O)CN2C(=O)N(C)C3(CCCCC3)C2=O)N2CCCCC2)cc1. The number of carbonyl (C=O) groups excluding carboxylic acids is 3. The number of piperidine rings is 1. The molecule has 8 heteroatoms. The zero-order valence-electron chi connectivity index (χ0n) is 19.8. The van der Waals surface area contributed by atoms with E-state index < -0.39 is 5.54 Å². The van der Waals surface area contributed by atoms with Crippen molar-refractivity contribution >= 4 is 17.8 Å². The number of benzene rings is 1. The number of imide groups is 1. The van der Waals surface area contributed by atoms with Crippen LogP contribution in [0, 0.1) is 0 Å². The number of amides is 4. The Morgan fingerprint density at radius 2 is 1.67 bits per heavy atom. The van der Waals surface area contributed by atoms with Gasteiger partial charge in [-0.15, -0.1) is 0 Å². The van der Waals surface area contributed by atoms with E-state index in [1.165, 1.54) is 6.42 Å². The normalized spacial score (nSPS) is 22.0. The molecule has 1 saturated carbocycles. The van der Waals surface area contributed by atoms with Crippen molar-refractivity contribution in [1.29, 1.82) is 0 Å². The van der Waals surface area contributed by atoms with Gasteiger partial charge in [0.25, 0.3) is 5.91 Å². The van der Waals surface area contributed by atoms with Crippen LogP contribution in [0.4, 0.5) is 4.79 Å². The lowest BCUT2D eigenvalue weighted by molar-refractivity contribution is -0.137. The van der Waals surface area contributed by atoms with Gasteiger partial charge in [0.15, 0.2) is 0 Å². The molecule has 2 aliphatic heterocycles. The first-order valence-corrected chi connectivity index (χ1v) is 12.2. The highest BCUT2D eigenvalue weighted by atomic mass is 16.5. The van der Waals surface area contributed by atoms with E-state index in [1.54, 1.807) is 19.1 Å². The summed E-state index contributed by atoms with van der Waals surface area (Å²) in [6.45, 7) is 2.19. The standard InChI is InChI=1S/C25H36N4O4/c1-27-24(32)29(23(31)25(27)13-5-3-6-14-25)18-22(30)26-17-21(28-15-7-4-8-16-28)19-9-11-20(33-2)12-10-19/h9-12,21H,3-8,13-18H2,1-2H3,(H,26,30). The second kappa shape index (κ2) is 10.1. The number of rotatable bonds is 7. The van der Waals surface area contributed by atoms with Gasteiger partial charge >= 0.3 is 6.03 Å². The summed E-state index contributed by atoms with van der Waals surface area (Å²) in [5.41, 5.74) is 0.363. The van der Waals surface area contributed by atoms with Crippen LogP contribution < -0.4 is 10.1 Å². The molecule has 180 valence electrons. The highest BCUT2D eigenvalue weighted by Gasteiger charge is 2.55. The van der Waals surface area contributed by atoms with Crippen LogP contribution in [-0.4, -0.2) is 78.4 Å². The Morgan fingerprint density at radius 3 is 2.30 bits per heavy atom. The topological polar surface area (TPSA) is 82.2 Å². The number of likely N-dealkylation sites (tertiary alicyclic amines) is 1. The molecule has 1 N–H and O–H groups in total. The third-order valence-electron chi connectivity index (χ3n) is 7.61. The third kappa shape index (κ3) is 4.71. The number of likely N-dealkylation sites (N-methyl/N-ethyl adjacent to an activating group) is 1. The largest absolute Gasteiger partial charge is 0.497 e. The smallest absolute Gasteiger partial charge is 0.327 e. The average Bonchev–Trinajstić information content (AvgIpc) is 3.02. The number of hydrogen-bond donors (Lipinski definition) is 1. The molecule has 4 rings (SSSR count). The van der Waals surface area contributed by atoms with Crippen LogP contribution in [0.15, 0.2) is 24.3 Å². The van der Waals surface area contributed by atoms with Crippen molar-refractivity contribution in [2.45, 2.75) is 62.9 Å². The zero-order valence-corrected chi connectivity index (χ0v) is 19.8. The number of nitrogens with zero attached hydrogens (tertiary/aromatic N) is 3. The van der Waals surface area contributed by atoms with Crippen molar-refractivity contribution in [3.63, 3.8) is 0 Å². The summed E-state index contributed by atoms with van der Waals surface area (Å²) < 4.78 is 5.29. The molecule has 1 unspecified atom stereocenters. The van der Waals surface area contributed by atoms with Gasteiger partial charge in [0.1, 0.15) is 17.8 Å².